The summed E-state index contributed by atoms with van der Waals surface area (Å²) >= 11 is 0. The van der Waals surface area contributed by atoms with Gasteiger partial charge < -0.3 is 11.1 Å². The van der Waals surface area contributed by atoms with Crippen molar-refractivity contribution >= 4 is 0 Å². The minimum absolute atomic E-state index is 0.465. The quantitative estimate of drug-likeness (QED) is 0.618. The molecule has 0 heterocycles. The van der Waals surface area contributed by atoms with Gasteiger partial charge in [0, 0.05) is 6.04 Å². The van der Waals surface area contributed by atoms with Gasteiger partial charge >= 0.3 is 0 Å². The van der Waals surface area contributed by atoms with Gasteiger partial charge in [0.25, 0.3) is 0 Å². The second-order valence-corrected chi connectivity index (χ2v) is 7.20. The molecule has 18 heavy (non-hydrogen) atoms. The SMILES string of the molecule is CCCC(CCN)CCCNC1C(C)(C)C1(C)C. The summed E-state index contributed by atoms with van der Waals surface area (Å²) in [5.74, 6) is 0.849. The van der Waals surface area contributed by atoms with Crippen LogP contribution in [0.4, 0.5) is 0 Å². The standard InChI is InChI=1S/C16H34N2/c1-6-8-13(10-11-17)9-7-12-18-14-15(2,3)16(14,4)5/h13-14,18H,6-12,17H2,1-5H3. The van der Waals surface area contributed by atoms with Crippen molar-refractivity contribution in [2.75, 3.05) is 13.1 Å². The van der Waals surface area contributed by atoms with E-state index in [-0.39, 0.29) is 0 Å². The molecule has 1 rings (SSSR count). The molecule has 0 amide bonds. The molecule has 0 bridgehead atoms. The van der Waals surface area contributed by atoms with Crippen LogP contribution in [0.15, 0.2) is 0 Å². The van der Waals surface area contributed by atoms with Crippen molar-refractivity contribution in [1.82, 2.24) is 5.32 Å². The Morgan fingerprint density at radius 3 is 2.11 bits per heavy atom. The van der Waals surface area contributed by atoms with Crippen LogP contribution in [-0.4, -0.2) is 19.1 Å². The summed E-state index contributed by atoms with van der Waals surface area (Å²) in [5, 5.41) is 3.75. The summed E-state index contributed by atoms with van der Waals surface area (Å²) in [7, 11) is 0. The maximum absolute atomic E-state index is 5.68. The first-order valence-corrected chi connectivity index (χ1v) is 7.81. The first-order chi connectivity index (χ1) is 8.37. The normalized spacial score (nSPS) is 23.0. The van der Waals surface area contributed by atoms with Crippen LogP contribution in [0.1, 0.15) is 66.7 Å². The van der Waals surface area contributed by atoms with Gasteiger partial charge in [-0.1, -0.05) is 47.5 Å². The zero-order valence-corrected chi connectivity index (χ0v) is 13.2. The van der Waals surface area contributed by atoms with E-state index in [4.69, 9.17) is 5.73 Å². The molecule has 0 aromatic heterocycles. The topological polar surface area (TPSA) is 38.0 Å². The highest BCUT2D eigenvalue weighted by Gasteiger charge is 2.64. The van der Waals surface area contributed by atoms with E-state index in [2.05, 4.69) is 39.9 Å². The van der Waals surface area contributed by atoms with Gasteiger partial charge in [-0.15, -0.1) is 0 Å². The molecule has 1 aliphatic carbocycles. The number of hydrogen-bond acceptors (Lipinski definition) is 2. The fourth-order valence-corrected chi connectivity index (χ4v) is 3.42. The highest BCUT2D eigenvalue weighted by atomic mass is 15.0. The van der Waals surface area contributed by atoms with Gasteiger partial charge in [-0.25, -0.2) is 0 Å². The molecule has 3 N–H and O–H groups in total. The lowest BCUT2D eigenvalue weighted by atomic mass is 9.94. The van der Waals surface area contributed by atoms with Gasteiger partial charge in [0.1, 0.15) is 0 Å². The van der Waals surface area contributed by atoms with Gasteiger partial charge in [-0.3, -0.25) is 0 Å². The van der Waals surface area contributed by atoms with Crippen molar-refractivity contribution in [2.45, 2.75) is 72.8 Å². The van der Waals surface area contributed by atoms with Crippen LogP contribution in [0.2, 0.25) is 0 Å². The smallest absolute Gasteiger partial charge is 0.0181 e. The number of nitrogens with one attached hydrogen (secondary N) is 1. The summed E-state index contributed by atoms with van der Waals surface area (Å²) in [4.78, 5) is 0. The van der Waals surface area contributed by atoms with Crippen LogP contribution in [0.3, 0.4) is 0 Å². The Morgan fingerprint density at radius 2 is 1.67 bits per heavy atom. The van der Waals surface area contributed by atoms with Crippen LogP contribution in [0.25, 0.3) is 0 Å². The number of hydrogen-bond donors (Lipinski definition) is 2. The monoisotopic (exact) mass is 254 g/mol. The first-order valence-electron chi connectivity index (χ1n) is 7.81. The zero-order valence-electron chi connectivity index (χ0n) is 13.2. The summed E-state index contributed by atoms with van der Waals surface area (Å²) in [6.07, 6.45) is 6.48. The average Bonchev–Trinajstić information content (AvgIpc) is 2.66. The Labute approximate surface area is 114 Å². The second kappa shape index (κ2) is 6.38. The Hall–Kier alpha value is -0.0800. The Balaban J connectivity index is 2.15. The highest BCUT2D eigenvalue weighted by molar-refractivity contribution is 5.17. The molecular weight excluding hydrogens is 220 g/mol. The van der Waals surface area contributed by atoms with Crippen molar-refractivity contribution < 1.29 is 0 Å². The van der Waals surface area contributed by atoms with Crippen LogP contribution in [-0.2, 0) is 0 Å². The summed E-state index contributed by atoms with van der Waals surface area (Å²) in [6, 6.07) is 0.698. The molecule has 1 atom stereocenters. The zero-order chi connectivity index (χ0) is 13.8. The lowest BCUT2D eigenvalue weighted by Crippen LogP contribution is -2.24. The van der Waals surface area contributed by atoms with Crippen LogP contribution >= 0.6 is 0 Å². The summed E-state index contributed by atoms with van der Waals surface area (Å²) in [6.45, 7) is 13.8. The Kier molecular flexibility index (Phi) is 5.67. The molecule has 2 nitrogen and oxygen atoms in total. The summed E-state index contributed by atoms with van der Waals surface area (Å²) in [5.41, 5.74) is 6.61. The van der Waals surface area contributed by atoms with E-state index in [0.29, 0.717) is 16.9 Å². The molecule has 0 saturated heterocycles. The molecule has 0 aromatic rings. The molecule has 108 valence electrons. The lowest BCUT2D eigenvalue weighted by Gasteiger charge is -2.15. The van der Waals surface area contributed by atoms with E-state index in [9.17, 15) is 0 Å². The van der Waals surface area contributed by atoms with Crippen molar-refractivity contribution in [3.05, 3.63) is 0 Å². The maximum Gasteiger partial charge on any atom is 0.0181 e. The van der Waals surface area contributed by atoms with E-state index < -0.39 is 0 Å². The van der Waals surface area contributed by atoms with Crippen molar-refractivity contribution in [3.63, 3.8) is 0 Å². The van der Waals surface area contributed by atoms with Gasteiger partial charge in [0.15, 0.2) is 0 Å². The van der Waals surface area contributed by atoms with Crippen molar-refractivity contribution in [2.24, 2.45) is 22.5 Å². The third-order valence-corrected chi connectivity index (χ3v) is 5.43. The Morgan fingerprint density at radius 1 is 1.06 bits per heavy atom. The van der Waals surface area contributed by atoms with Gasteiger partial charge in [-0.05, 0) is 49.1 Å². The van der Waals surface area contributed by atoms with Crippen LogP contribution in [0, 0.1) is 16.7 Å². The van der Waals surface area contributed by atoms with Crippen molar-refractivity contribution in [1.29, 1.82) is 0 Å². The molecule has 1 aliphatic rings. The Bertz CT molecular complexity index is 225. The molecule has 1 fully saturated rings. The fraction of sp³-hybridized carbons (Fsp3) is 1.00. The molecule has 0 aliphatic heterocycles. The van der Waals surface area contributed by atoms with Crippen molar-refractivity contribution in [3.8, 4) is 0 Å². The van der Waals surface area contributed by atoms with Gasteiger partial charge in [-0.2, -0.15) is 0 Å². The molecule has 0 spiro atoms. The van der Waals surface area contributed by atoms with E-state index in [1.54, 1.807) is 0 Å². The molecule has 1 unspecified atom stereocenters. The highest BCUT2D eigenvalue weighted by Crippen LogP contribution is 2.62. The van der Waals surface area contributed by atoms with Crippen LogP contribution < -0.4 is 11.1 Å². The summed E-state index contributed by atoms with van der Waals surface area (Å²) < 4.78 is 0. The fourth-order valence-electron chi connectivity index (χ4n) is 3.42. The van der Waals surface area contributed by atoms with E-state index in [1.165, 1.54) is 38.6 Å². The predicted molar refractivity (Wildman–Crippen MR) is 80.7 cm³/mol. The van der Waals surface area contributed by atoms with Crippen LogP contribution in [0.5, 0.6) is 0 Å². The average molecular weight is 254 g/mol. The maximum atomic E-state index is 5.68. The van der Waals surface area contributed by atoms with Gasteiger partial charge in [0.2, 0.25) is 0 Å². The third-order valence-electron chi connectivity index (χ3n) is 5.43. The predicted octanol–water partition coefficient (Wildman–Crippen LogP) is 3.56. The number of rotatable bonds is 9. The molecular formula is C16H34N2. The van der Waals surface area contributed by atoms with Gasteiger partial charge in [0.05, 0.1) is 0 Å². The minimum atomic E-state index is 0.465. The lowest BCUT2D eigenvalue weighted by molar-refractivity contribution is 0.399. The molecule has 2 heteroatoms. The minimum Gasteiger partial charge on any atom is -0.330 e. The van der Waals surface area contributed by atoms with E-state index >= 15 is 0 Å². The van der Waals surface area contributed by atoms with E-state index in [0.717, 1.165) is 12.5 Å². The first kappa shape index (κ1) is 16.0. The van der Waals surface area contributed by atoms with E-state index in [1.807, 2.05) is 0 Å². The molecule has 1 saturated carbocycles. The largest absolute Gasteiger partial charge is 0.330 e. The third kappa shape index (κ3) is 3.48. The second-order valence-electron chi connectivity index (χ2n) is 7.20. The number of nitrogens with two attached hydrogens (primary N) is 1. The molecule has 0 aromatic carbocycles. The molecule has 0 radical (unpaired) electrons.